The van der Waals surface area contributed by atoms with Crippen molar-refractivity contribution in [3.8, 4) is 0 Å². The summed E-state index contributed by atoms with van der Waals surface area (Å²) in [6.07, 6.45) is 5.12. The van der Waals surface area contributed by atoms with Gasteiger partial charge in [0.05, 0.1) is 4.34 Å². The van der Waals surface area contributed by atoms with Gasteiger partial charge in [-0.05, 0) is 49.1 Å². The molecule has 3 nitrogen and oxygen atoms in total. The lowest BCUT2D eigenvalue weighted by Gasteiger charge is -2.21. The lowest BCUT2D eigenvalue weighted by atomic mass is 9.89. The van der Waals surface area contributed by atoms with E-state index >= 15 is 0 Å². The average Bonchev–Trinajstić information content (AvgIpc) is 3.01. The quantitative estimate of drug-likeness (QED) is 0.929. The summed E-state index contributed by atoms with van der Waals surface area (Å²) in [7, 11) is -3.36. The fraction of sp³-hybridized carbons (Fsp3) is 0.667. The van der Waals surface area contributed by atoms with Gasteiger partial charge in [-0.3, -0.25) is 0 Å². The molecule has 2 fully saturated rings. The second kappa shape index (κ2) is 4.78. The Morgan fingerprint density at radius 3 is 2.72 bits per heavy atom. The van der Waals surface area contributed by atoms with Gasteiger partial charge in [-0.25, -0.2) is 13.1 Å². The standard InChI is InChI=1S/C12H16ClNO2S2/c13-11-3-4-12(17-11)18(15,16)14-7-10-6-8-1-2-9(10)5-8/h3-4,8-10,14H,1-2,5-7H2/t8-,9-,10-/m1/s1. The predicted octanol–water partition coefficient (Wildman–Crippen LogP) is 3.12. The molecular weight excluding hydrogens is 290 g/mol. The zero-order valence-electron chi connectivity index (χ0n) is 9.93. The minimum absolute atomic E-state index is 0.315. The Hall–Kier alpha value is -0.100. The summed E-state index contributed by atoms with van der Waals surface area (Å²) in [6, 6.07) is 3.19. The molecule has 1 aromatic heterocycles. The summed E-state index contributed by atoms with van der Waals surface area (Å²) >= 11 is 6.88. The van der Waals surface area contributed by atoms with E-state index in [0.717, 1.165) is 23.2 Å². The normalized spacial score (nSPS) is 31.1. The molecule has 1 aromatic rings. The molecule has 0 aromatic carbocycles. The first kappa shape index (κ1) is 12.9. The van der Waals surface area contributed by atoms with Crippen molar-refractivity contribution < 1.29 is 8.42 Å². The molecule has 1 N–H and O–H groups in total. The Morgan fingerprint density at radius 2 is 2.17 bits per heavy atom. The van der Waals surface area contributed by atoms with E-state index in [1.807, 2.05) is 0 Å². The highest BCUT2D eigenvalue weighted by Gasteiger charge is 2.39. The molecule has 0 spiro atoms. The lowest BCUT2D eigenvalue weighted by molar-refractivity contribution is 0.333. The van der Waals surface area contributed by atoms with Crippen LogP contribution < -0.4 is 4.72 Å². The fourth-order valence-electron chi connectivity index (χ4n) is 3.36. The smallest absolute Gasteiger partial charge is 0.210 e. The highest BCUT2D eigenvalue weighted by Crippen LogP contribution is 2.48. The van der Waals surface area contributed by atoms with Crippen molar-refractivity contribution in [2.75, 3.05) is 6.54 Å². The van der Waals surface area contributed by atoms with Gasteiger partial charge in [0.15, 0.2) is 0 Å². The highest BCUT2D eigenvalue weighted by atomic mass is 35.5. The lowest BCUT2D eigenvalue weighted by Crippen LogP contribution is -2.31. The van der Waals surface area contributed by atoms with E-state index in [9.17, 15) is 8.42 Å². The van der Waals surface area contributed by atoms with E-state index < -0.39 is 10.0 Å². The molecule has 0 unspecified atom stereocenters. The maximum atomic E-state index is 12.0. The van der Waals surface area contributed by atoms with Crippen LogP contribution in [0.25, 0.3) is 0 Å². The first-order valence-corrected chi connectivity index (χ1v) is 8.97. The molecule has 3 atom stereocenters. The minimum atomic E-state index is -3.36. The Bertz CT molecular complexity index is 540. The van der Waals surface area contributed by atoms with Gasteiger partial charge in [0, 0.05) is 6.54 Å². The molecule has 100 valence electrons. The van der Waals surface area contributed by atoms with Gasteiger partial charge in [-0.15, -0.1) is 11.3 Å². The molecule has 2 bridgehead atoms. The second-order valence-corrected chi connectivity index (χ2v) is 9.05. The van der Waals surface area contributed by atoms with E-state index in [1.54, 1.807) is 12.1 Å². The number of rotatable bonds is 4. The van der Waals surface area contributed by atoms with Crippen molar-refractivity contribution in [2.24, 2.45) is 17.8 Å². The van der Waals surface area contributed by atoms with Crippen molar-refractivity contribution in [3.05, 3.63) is 16.5 Å². The van der Waals surface area contributed by atoms with Crippen LogP contribution in [0.15, 0.2) is 16.3 Å². The third-order valence-corrected chi connectivity index (χ3v) is 7.38. The summed E-state index contributed by atoms with van der Waals surface area (Å²) in [5.74, 6) is 2.12. The molecule has 18 heavy (non-hydrogen) atoms. The SMILES string of the molecule is O=S(=O)(NC[C@H]1C[C@@H]2CC[C@@H]1C2)c1ccc(Cl)s1. The Kier molecular flexibility index (Phi) is 3.43. The summed E-state index contributed by atoms with van der Waals surface area (Å²) in [6.45, 7) is 0.582. The summed E-state index contributed by atoms with van der Waals surface area (Å²) in [5, 5.41) is 0. The van der Waals surface area contributed by atoms with E-state index in [1.165, 1.54) is 25.7 Å². The third-order valence-electron chi connectivity index (χ3n) is 4.23. The Balaban J connectivity index is 1.63. The zero-order chi connectivity index (χ0) is 12.8. The highest BCUT2D eigenvalue weighted by molar-refractivity contribution is 7.91. The summed E-state index contributed by atoms with van der Waals surface area (Å²) < 4.78 is 27.7. The molecule has 2 aliphatic rings. The largest absolute Gasteiger partial charge is 0.250 e. The molecule has 6 heteroatoms. The monoisotopic (exact) mass is 305 g/mol. The topological polar surface area (TPSA) is 46.2 Å². The Labute approximate surface area is 117 Å². The van der Waals surface area contributed by atoms with E-state index in [2.05, 4.69) is 4.72 Å². The molecule has 2 saturated carbocycles. The van der Waals surface area contributed by atoms with Crippen molar-refractivity contribution in [1.29, 1.82) is 0 Å². The predicted molar refractivity (Wildman–Crippen MR) is 73.5 cm³/mol. The maximum Gasteiger partial charge on any atom is 0.250 e. The van der Waals surface area contributed by atoms with Gasteiger partial charge in [0.25, 0.3) is 0 Å². The van der Waals surface area contributed by atoms with Gasteiger partial charge in [-0.2, -0.15) is 0 Å². The maximum absolute atomic E-state index is 12.0. The van der Waals surface area contributed by atoms with Crippen LogP contribution in [0.4, 0.5) is 0 Å². The van der Waals surface area contributed by atoms with Gasteiger partial charge < -0.3 is 0 Å². The van der Waals surface area contributed by atoms with Crippen molar-refractivity contribution in [1.82, 2.24) is 4.72 Å². The molecular formula is C12H16ClNO2S2. The molecule has 1 heterocycles. The van der Waals surface area contributed by atoms with E-state index in [0.29, 0.717) is 21.0 Å². The van der Waals surface area contributed by atoms with Crippen molar-refractivity contribution in [2.45, 2.75) is 29.9 Å². The van der Waals surface area contributed by atoms with Crippen LogP contribution >= 0.6 is 22.9 Å². The van der Waals surface area contributed by atoms with Crippen LogP contribution in [-0.4, -0.2) is 15.0 Å². The van der Waals surface area contributed by atoms with Gasteiger partial charge >= 0.3 is 0 Å². The number of thiophene rings is 1. The summed E-state index contributed by atoms with van der Waals surface area (Å²) in [4.78, 5) is 0. The molecule has 0 aliphatic heterocycles. The van der Waals surface area contributed by atoms with E-state index in [4.69, 9.17) is 11.6 Å². The van der Waals surface area contributed by atoms with Crippen molar-refractivity contribution in [3.63, 3.8) is 0 Å². The van der Waals surface area contributed by atoms with Crippen LogP contribution in [-0.2, 0) is 10.0 Å². The third kappa shape index (κ3) is 2.46. The van der Waals surface area contributed by atoms with Crippen LogP contribution in [0.2, 0.25) is 4.34 Å². The van der Waals surface area contributed by atoms with Crippen LogP contribution in [0.1, 0.15) is 25.7 Å². The van der Waals surface area contributed by atoms with Crippen LogP contribution in [0.5, 0.6) is 0 Å². The van der Waals surface area contributed by atoms with Crippen LogP contribution in [0, 0.1) is 17.8 Å². The minimum Gasteiger partial charge on any atom is -0.210 e. The first-order chi connectivity index (χ1) is 8.54. The number of nitrogens with one attached hydrogen (secondary N) is 1. The average molecular weight is 306 g/mol. The van der Waals surface area contributed by atoms with Gasteiger partial charge in [0.2, 0.25) is 10.0 Å². The molecule has 2 aliphatic carbocycles. The zero-order valence-corrected chi connectivity index (χ0v) is 12.3. The fourth-order valence-corrected chi connectivity index (χ4v) is 5.98. The molecule has 0 amide bonds. The van der Waals surface area contributed by atoms with Gasteiger partial charge in [-0.1, -0.05) is 18.0 Å². The number of hydrogen-bond acceptors (Lipinski definition) is 3. The molecule has 0 saturated heterocycles. The number of hydrogen-bond donors (Lipinski definition) is 1. The molecule has 0 radical (unpaired) electrons. The first-order valence-electron chi connectivity index (χ1n) is 6.29. The number of halogens is 1. The number of sulfonamides is 1. The van der Waals surface area contributed by atoms with Crippen molar-refractivity contribution >= 4 is 33.0 Å². The number of fused-ring (bicyclic) bond motifs is 2. The molecule has 3 rings (SSSR count). The summed E-state index contributed by atoms with van der Waals surface area (Å²) in [5.41, 5.74) is 0. The van der Waals surface area contributed by atoms with Gasteiger partial charge in [0.1, 0.15) is 4.21 Å². The van der Waals surface area contributed by atoms with Crippen LogP contribution in [0.3, 0.4) is 0 Å². The Morgan fingerprint density at radius 1 is 1.33 bits per heavy atom. The second-order valence-electron chi connectivity index (χ2n) is 5.35. The van der Waals surface area contributed by atoms with E-state index in [-0.39, 0.29) is 0 Å².